The molecule has 2 heterocycles. The van der Waals surface area contributed by atoms with Crippen molar-refractivity contribution in [3.8, 4) is 5.75 Å². The number of rotatable bonds is 12. The van der Waals surface area contributed by atoms with Gasteiger partial charge in [0.15, 0.2) is 24.3 Å². The third kappa shape index (κ3) is 7.39. The summed E-state index contributed by atoms with van der Waals surface area (Å²) in [6, 6.07) is 23.8. The molecule has 5 rings (SSSR count). The molecule has 3 N–H and O–H groups in total. The van der Waals surface area contributed by atoms with E-state index in [-0.39, 0.29) is 18.1 Å². The molecule has 0 aliphatic carbocycles. The summed E-state index contributed by atoms with van der Waals surface area (Å²) in [5.41, 5.74) is 1.18. The fraction of sp³-hybridized carbons (Fsp3) is 0.281. The van der Waals surface area contributed by atoms with Crippen LogP contribution in [-0.4, -0.2) is 52.9 Å². The van der Waals surface area contributed by atoms with Gasteiger partial charge >= 0.3 is 13.7 Å². The first-order valence-electron chi connectivity index (χ1n) is 14.1. The monoisotopic (exact) mass is 621 g/mol. The van der Waals surface area contributed by atoms with Crippen molar-refractivity contribution in [3.63, 3.8) is 0 Å². The van der Waals surface area contributed by atoms with E-state index < -0.39 is 50.9 Å². The van der Waals surface area contributed by atoms with E-state index in [4.69, 9.17) is 18.5 Å². The minimum Gasteiger partial charge on any atom is -0.460 e. The second-order valence-electron chi connectivity index (χ2n) is 10.4. The van der Waals surface area contributed by atoms with E-state index in [1.165, 1.54) is 24.6 Å². The Labute approximate surface area is 254 Å². The second-order valence-corrected chi connectivity index (χ2v) is 12.1. The van der Waals surface area contributed by atoms with Crippen molar-refractivity contribution >= 4 is 30.3 Å². The summed E-state index contributed by atoms with van der Waals surface area (Å²) >= 11 is 0. The summed E-state index contributed by atoms with van der Waals surface area (Å²) in [6.45, 7) is 2.43. The summed E-state index contributed by atoms with van der Waals surface area (Å²) in [6.07, 6.45) is -1.88. The maximum absolute atomic E-state index is 14.2. The fourth-order valence-electron chi connectivity index (χ4n) is 4.78. The number of pyridine rings is 1. The van der Waals surface area contributed by atoms with Gasteiger partial charge in [0.05, 0.1) is 12.2 Å². The molecule has 6 atom stereocenters. The van der Waals surface area contributed by atoms with E-state index in [2.05, 4.69) is 5.09 Å². The van der Waals surface area contributed by atoms with Crippen LogP contribution in [0.4, 0.5) is 0 Å². The van der Waals surface area contributed by atoms with Crippen LogP contribution < -0.4 is 14.2 Å². The lowest BCUT2D eigenvalue weighted by Crippen LogP contribution is -2.46. The zero-order valence-electron chi connectivity index (χ0n) is 24.2. The maximum Gasteiger partial charge on any atom is 0.459 e. The van der Waals surface area contributed by atoms with Crippen molar-refractivity contribution in [1.29, 1.82) is 0 Å². The van der Waals surface area contributed by atoms with E-state index in [9.17, 15) is 24.4 Å². The van der Waals surface area contributed by atoms with Crippen molar-refractivity contribution in [1.82, 2.24) is 5.09 Å². The lowest BCUT2D eigenvalue weighted by atomic mass is 10.1. The molecule has 12 heteroatoms. The predicted octanol–water partition coefficient (Wildman–Crippen LogP) is 3.87. The van der Waals surface area contributed by atoms with Gasteiger partial charge in [0.1, 0.15) is 30.6 Å². The number of aromatic nitrogens is 1. The average molecular weight is 622 g/mol. The largest absolute Gasteiger partial charge is 0.460 e. The quantitative estimate of drug-likeness (QED) is 0.0923. The van der Waals surface area contributed by atoms with Crippen LogP contribution in [0.25, 0.3) is 10.8 Å². The Morgan fingerprint density at radius 3 is 2.48 bits per heavy atom. The molecular formula is C32H34N2O9P+. The molecule has 1 fully saturated rings. The smallest absolute Gasteiger partial charge is 0.459 e. The van der Waals surface area contributed by atoms with Gasteiger partial charge in [-0.1, -0.05) is 66.7 Å². The molecule has 0 amide bonds. The molecule has 1 aliphatic heterocycles. The summed E-state index contributed by atoms with van der Waals surface area (Å²) in [5, 5.41) is 25.7. The second kappa shape index (κ2) is 13.8. The lowest BCUT2D eigenvalue weighted by Gasteiger charge is -2.25. The minimum atomic E-state index is -4.34. The maximum atomic E-state index is 14.2. The predicted molar refractivity (Wildman–Crippen MR) is 160 cm³/mol. The summed E-state index contributed by atoms with van der Waals surface area (Å²) < 4.78 is 38.7. The number of carbonyl (C=O) groups excluding carboxylic acids is 2. The van der Waals surface area contributed by atoms with Gasteiger partial charge in [0, 0.05) is 11.5 Å². The Morgan fingerprint density at radius 2 is 1.70 bits per heavy atom. The molecule has 0 radical (unpaired) electrons. The highest BCUT2D eigenvalue weighted by Gasteiger charge is 2.49. The Kier molecular flexibility index (Phi) is 9.85. The van der Waals surface area contributed by atoms with Crippen LogP contribution >= 0.6 is 7.75 Å². The molecule has 1 aromatic heterocycles. The van der Waals surface area contributed by atoms with Crippen LogP contribution in [0, 0.1) is 0 Å². The highest BCUT2D eigenvalue weighted by Crippen LogP contribution is 2.47. The molecule has 44 heavy (non-hydrogen) atoms. The fourth-order valence-corrected chi connectivity index (χ4v) is 6.30. The molecule has 11 nitrogen and oxygen atoms in total. The number of carbonyl (C=O) groups is 2. The minimum absolute atomic E-state index is 0.0188. The lowest BCUT2D eigenvalue weighted by molar-refractivity contribution is -0.765. The van der Waals surface area contributed by atoms with Gasteiger partial charge in [0.25, 0.3) is 6.23 Å². The molecule has 0 bridgehead atoms. The zero-order chi connectivity index (χ0) is 31.3. The average Bonchev–Trinajstić information content (AvgIpc) is 3.32. The summed E-state index contributed by atoms with van der Waals surface area (Å²) in [7, 11) is -4.34. The molecular weight excluding hydrogens is 587 g/mol. The number of hydrogen-bond acceptors (Lipinski definition) is 9. The SMILES string of the molecule is CC(=O)c1ccc[n+]([C@@H]2O[C@H](COP(=O)(N[C@@H](C)C(=O)OCc3ccccc3)Oc3cccc4ccccc34)[C@H](O)C2O)c1. The van der Waals surface area contributed by atoms with Crippen molar-refractivity contribution in [2.24, 2.45) is 0 Å². The molecule has 0 spiro atoms. The molecule has 1 aliphatic rings. The van der Waals surface area contributed by atoms with Crippen LogP contribution in [0.3, 0.4) is 0 Å². The van der Waals surface area contributed by atoms with E-state index in [1.54, 1.807) is 42.6 Å². The van der Waals surface area contributed by atoms with Crippen LogP contribution in [0.15, 0.2) is 97.3 Å². The van der Waals surface area contributed by atoms with Crippen molar-refractivity contribution in [2.75, 3.05) is 6.61 Å². The van der Waals surface area contributed by atoms with Gasteiger partial charge < -0.3 is 24.2 Å². The van der Waals surface area contributed by atoms with Gasteiger partial charge in [-0.25, -0.2) is 4.57 Å². The van der Waals surface area contributed by atoms with E-state index in [0.29, 0.717) is 10.9 Å². The number of nitrogens with zero attached hydrogens (tertiary/aromatic N) is 1. The van der Waals surface area contributed by atoms with Gasteiger partial charge in [-0.15, -0.1) is 0 Å². The highest BCUT2D eigenvalue weighted by atomic mass is 31.2. The third-order valence-electron chi connectivity index (χ3n) is 7.17. The normalized spacial score (nSPS) is 21.8. The van der Waals surface area contributed by atoms with Crippen molar-refractivity contribution in [3.05, 3.63) is 108 Å². The van der Waals surface area contributed by atoms with E-state index in [1.807, 2.05) is 48.5 Å². The first-order chi connectivity index (χ1) is 21.1. The van der Waals surface area contributed by atoms with Crippen LogP contribution in [-0.2, 0) is 30.0 Å². The van der Waals surface area contributed by atoms with E-state index in [0.717, 1.165) is 10.9 Å². The number of ether oxygens (including phenoxy) is 2. The summed E-state index contributed by atoms with van der Waals surface area (Å²) in [4.78, 5) is 24.7. The van der Waals surface area contributed by atoms with Gasteiger partial charge in [0.2, 0.25) is 0 Å². The molecule has 230 valence electrons. The zero-order valence-corrected chi connectivity index (χ0v) is 25.1. The molecule has 4 aromatic rings. The Hall–Kier alpha value is -3.96. The first kappa shape index (κ1) is 31.5. The molecule has 3 aromatic carbocycles. The van der Waals surface area contributed by atoms with Crippen LogP contribution in [0.2, 0.25) is 0 Å². The van der Waals surface area contributed by atoms with Gasteiger partial charge in [-0.05, 0) is 36.9 Å². The van der Waals surface area contributed by atoms with E-state index >= 15 is 0 Å². The molecule has 0 saturated carbocycles. The standard InChI is InChI=1S/C32H34N2O9P/c1-21(32(38)40-19-23-10-4-3-5-11-23)33-44(39,43-27-16-8-13-24-12-6-7-15-26(24)27)41-20-28-29(36)30(37)31(42-28)34-17-9-14-25(18-34)22(2)35/h3-18,21,28-31,36-37H,19-20H2,1-2H3,(H,33,39)/q+1/t21-,28+,29-,30?,31+,44?/m0/s1. The number of nitrogens with one attached hydrogen (secondary N) is 1. The molecule has 2 unspecified atom stereocenters. The number of benzene rings is 3. The number of aliphatic hydroxyl groups is 2. The number of aliphatic hydroxyl groups excluding tert-OH is 2. The Balaban J connectivity index is 1.33. The number of esters is 1. The molecule has 1 saturated heterocycles. The highest BCUT2D eigenvalue weighted by molar-refractivity contribution is 7.52. The number of ketones is 1. The Bertz CT molecular complexity index is 1660. The first-order valence-corrected chi connectivity index (χ1v) is 15.6. The van der Waals surface area contributed by atoms with Crippen LogP contribution in [0.1, 0.15) is 36.0 Å². The van der Waals surface area contributed by atoms with Crippen molar-refractivity contribution < 1.29 is 47.5 Å². The van der Waals surface area contributed by atoms with Crippen molar-refractivity contribution in [2.45, 2.75) is 51.0 Å². The third-order valence-corrected chi connectivity index (χ3v) is 8.80. The summed E-state index contributed by atoms with van der Waals surface area (Å²) in [5.74, 6) is -0.624. The topological polar surface area (TPSA) is 144 Å². The number of hydrogen-bond donors (Lipinski definition) is 3. The Morgan fingerprint density at radius 1 is 0.977 bits per heavy atom. The number of fused-ring (bicyclic) bond motifs is 1. The van der Waals surface area contributed by atoms with Crippen LogP contribution in [0.5, 0.6) is 5.75 Å². The number of Topliss-reactive ketones (excluding diaryl/α,β-unsaturated/α-hetero) is 1. The van der Waals surface area contributed by atoms with Gasteiger partial charge in [-0.3, -0.25) is 14.1 Å². The van der Waals surface area contributed by atoms with Gasteiger partial charge in [-0.2, -0.15) is 9.65 Å².